The third kappa shape index (κ3) is 2.94. The Kier molecular flexibility index (Phi) is 4.30. The quantitative estimate of drug-likeness (QED) is 0.324. The Bertz CT molecular complexity index is 606. The van der Waals surface area contributed by atoms with E-state index in [0.717, 1.165) is 0 Å². The molecular formula is C11H16N6O2S. The monoisotopic (exact) mass is 296 g/mol. The molecule has 8 nitrogen and oxygen atoms in total. The molecule has 2 aromatic heterocycles. The van der Waals surface area contributed by atoms with Crippen LogP contribution in [0.4, 0.5) is 5.95 Å². The van der Waals surface area contributed by atoms with E-state index in [0.29, 0.717) is 28.2 Å². The number of aromatic nitrogens is 3. The number of rotatable bonds is 5. The molecule has 0 saturated carbocycles. The molecule has 0 fully saturated rings. The number of amides is 1. The van der Waals surface area contributed by atoms with E-state index in [1.54, 1.807) is 6.07 Å². The van der Waals surface area contributed by atoms with Gasteiger partial charge >= 0.3 is 0 Å². The van der Waals surface area contributed by atoms with Crippen molar-refractivity contribution in [2.24, 2.45) is 5.84 Å². The fourth-order valence-corrected chi connectivity index (χ4v) is 2.63. The number of nitrogens with zero attached hydrogens (tertiary/aromatic N) is 3. The number of hydrogen-bond acceptors (Lipinski definition) is 7. The number of hydrogen-bond donors (Lipinski definition) is 3. The van der Waals surface area contributed by atoms with Crippen LogP contribution in [0.25, 0.3) is 0 Å². The molecule has 0 aromatic carbocycles. The number of nitrogens with two attached hydrogens (primary N) is 2. The molecule has 5 N–H and O–H groups in total. The largest absolute Gasteiger partial charge is 0.468 e. The van der Waals surface area contributed by atoms with Gasteiger partial charge in [-0.2, -0.15) is 0 Å². The number of nitrogen functional groups attached to an aromatic ring is 2. The van der Waals surface area contributed by atoms with Gasteiger partial charge in [0.1, 0.15) is 12.0 Å². The first-order chi connectivity index (χ1) is 9.52. The summed E-state index contributed by atoms with van der Waals surface area (Å²) >= 11 is 1.43. The molecular weight excluding hydrogens is 280 g/mol. The Morgan fingerprint density at radius 1 is 1.55 bits per heavy atom. The van der Waals surface area contributed by atoms with Crippen LogP contribution in [0.15, 0.2) is 21.9 Å². The highest BCUT2D eigenvalue weighted by atomic mass is 32.2. The summed E-state index contributed by atoms with van der Waals surface area (Å²) in [5.41, 5.74) is 8.19. The van der Waals surface area contributed by atoms with Gasteiger partial charge in [-0.1, -0.05) is 11.8 Å². The van der Waals surface area contributed by atoms with Crippen molar-refractivity contribution in [1.82, 2.24) is 20.2 Å². The molecule has 0 spiro atoms. The van der Waals surface area contributed by atoms with E-state index in [1.807, 2.05) is 23.8 Å². The lowest BCUT2D eigenvalue weighted by Crippen LogP contribution is -2.29. The van der Waals surface area contributed by atoms with E-state index in [1.165, 1.54) is 18.0 Å². The molecule has 0 aliphatic carbocycles. The van der Waals surface area contributed by atoms with Crippen molar-refractivity contribution in [3.8, 4) is 0 Å². The molecule has 0 saturated heterocycles. The predicted octanol–water partition coefficient (Wildman–Crippen LogP) is 0.930. The minimum atomic E-state index is -0.389. The summed E-state index contributed by atoms with van der Waals surface area (Å²) in [6.07, 6.45) is 1.36. The fourth-order valence-electron chi connectivity index (χ4n) is 1.67. The Hall–Kier alpha value is -2.00. The summed E-state index contributed by atoms with van der Waals surface area (Å²) in [6.45, 7) is 4.00. The van der Waals surface area contributed by atoms with Crippen molar-refractivity contribution in [2.75, 3.05) is 5.73 Å². The first-order valence-corrected chi connectivity index (χ1v) is 6.93. The highest BCUT2D eigenvalue weighted by Crippen LogP contribution is 2.26. The molecule has 0 radical (unpaired) electrons. The smallest absolute Gasteiger partial charge is 0.268 e. The maximum atomic E-state index is 11.3. The normalized spacial score (nSPS) is 11.0. The van der Waals surface area contributed by atoms with Crippen LogP contribution in [0, 0.1) is 0 Å². The first-order valence-electron chi connectivity index (χ1n) is 5.94. The van der Waals surface area contributed by atoms with E-state index < -0.39 is 0 Å². The number of hydrazine groups is 1. The number of carbonyl (C=O) groups excluding carboxylic acids is 1. The minimum Gasteiger partial charge on any atom is -0.468 e. The van der Waals surface area contributed by atoms with E-state index in [9.17, 15) is 4.79 Å². The molecule has 0 aliphatic heterocycles. The third-order valence-corrected chi connectivity index (χ3v) is 3.56. The highest BCUT2D eigenvalue weighted by molar-refractivity contribution is 7.98. The second-order valence-electron chi connectivity index (χ2n) is 4.37. The number of thioether (sulfide) groups is 1. The van der Waals surface area contributed by atoms with Crippen molar-refractivity contribution >= 4 is 23.6 Å². The highest BCUT2D eigenvalue weighted by Gasteiger charge is 2.14. The summed E-state index contributed by atoms with van der Waals surface area (Å²) in [4.78, 5) is 11.3. The van der Waals surface area contributed by atoms with Gasteiger partial charge in [-0.15, -0.1) is 10.2 Å². The number of nitrogens with one attached hydrogen (secondary N) is 1. The lowest BCUT2D eigenvalue weighted by atomic mass is 10.3. The van der Waals surface area contributed by atoms with Gasteiger partial charge in [0.15, 0.2) is 5.16 Å². The molecule has 0 unspecified atom stereocenters. The maximum absolute atomic E-state index is 11.3. The fraction of sp³-hybridized carbons (Fsp3) is 0.364. The van der Waals surface area contributed by atoms with Crippen LogP contribution in [0.1, 0.15) is 36.0 Å². The summed E-state index contributed by atoms with van der Waals surface area (Å²) in [5.74, 6) is 6.20. The Morgan fingerprint density at radius 2 is 2.30 bits per heavy atom. The molecule has 2 aromatic rings. The molecule has 9 heteroatoms. The van der Waals surface area contributed by atoms with Crippen molar-refractivity contribution in [3.05, 3.63) is 23.7 Å². The lowest BCUT2D eigenvalue weighted by Gasteiger charge is -2.10. The average molecular weight is 296 g/mol. The van der Waals surface area contributed by atoms with Crippen molar-refractivity contribution in [1.29, 1.82) is 0 Å². The van der Waals surface area contributed by atoms with Crippen LogP contribution in [-0.2, 0) is 5.75 Å². The van der Waals surface area contributed by atoms with Gasteiger partial charge in [-0.25, -0.2) is 5.84 Å². The van der Waals surface area contributed by atoms with Crippen molar-refractivity contribution in [3.63, 3.8) is 0 Å². The van der Waals surface area contributed by atoms with Gasteiger partial charge in [-0.3, -0.25) is 14.8 Å². The molecule has 1 amide bonds. The zero-order valence-electron chi connectivity index (χ0n) is 11.2. The molecule has 0 atom stereocenters. The minimum absolute atomic E-state index is 0.169. The molecule has 0 aliphatic rings. The second-order valence-corrected chi connectivity index (χ2v) is 5.31. The molecule has 2 heterocycles. The lowest BCUT2D eigenvalue weighted by molar-refractivity contribution is 0.0953. The van der Waals surface area contributed by atoms with Crippen LogP contribution < -0.4 is 17.0 Å². The maximum Gasteiger partial charge on any atom is 0.268 e. The summed E-state index contributed by atoms with van der Waals surface area (Å²) in [7, 11) is 0. The van der Waals surface area contributed by atoms with Gasteiger partial charge in [0.05, 0.1) is 11.3 Å². The van der Waals surface area contributed by atoms with Crippen LogP contribution >= 0.6 is 11.8 Å². The standard InChI is InChI=1S/C11H16N6O2S/c1-6(2)17-10(12)15-16-11(17)20-5-8-3-7(4-19-8)9(18)14-13/h3-4,6H,5,13H2,1-2H3,(H2,12,15)(H,14,18). The van der Waals surface area contributed by atoms with Gasteiger partial charge in [0, 0.05) is 6.04 Å². The Balaban J connectivity index is 2.06. The third-order valence-electron chi connectivity index (χ3n) is 2.60. The number of anilines is 1. The topological polar surface area (TPSA) is 125 Å². The molecule has 0 bridgehead atoms. The van der Waals surface area contributed by atoms with Crippen molar-refractivity contribution < 1.29 is 9.21 Å². The molecule has 108 valence electrons. The zero-order valence-corrected chi connectivity index (χ0v) is 12.0. The predicted molar refractivity (Wildman–Crippen MR) is 74.7 cm³/mol. The summed E-state index contributed by atoms with van der Waals surface area (Å²) in [5, 5.41) is 8.58. The van der Waals surface area contributed by atoms with Crippen molar-refractivity contribution in [2.45, 2.75) is 30.8 Å². The summed E-state index contributed by atoms with van der Waals surface area (Å²) in [6, 6.07) is 1.80. The second kappa shape index (κ2) is 5.97. The Morgan fingerprint density at radius 3 is 2.95 bits per heavy atom. The van der Waals surface area contributed by atoms with Crippen LogP contribution in [0.5, 0.6) is 0 Å². The van der Waals surface area contributed by atoms with Crippen LogP contribution in [0.3, 0.4) is 0 Å². The summed E-state index contributed by atoms with van der Waals surface area (Å²) < 4.78 is 7.13. The number of carbonyl (C=O) groups is 1. The van der Waals surface area contributed by atoms with E-state index in [4.69, 9.17) is 16.0 Å². The first kappa shape index (κ1) is 14.4. The van der Waals surface area contributed by atoms with Crippen LogP contribution in [-0.4, -0.2) is 20.7 Å². The SMILES string of the molecule is CC(C)n1c(N)nnc1SCc1cc(C(=O)NN)co1. The van der Waals surface area contributed by atoms with Gasteiger partial charge in [0.2, 0.25) is 5.95 Å². The van der Waals surface area contributed by atoms with Gasteiger partial charge in [-0.05, 0) is 19.9 Å². The average Bonchev–Trinajstić information content (AvgIpc) is 3.02. The number of furan rings is 1. The van der Waals surface area contributed by atoms with Gasteiger partial charge < -0.3 is 10.2 Å². The van der Waals surface area contributed by atoms with E-state index in [-0.39, 0.29) is 11.9 Å². The van der Waals surface area contributed by atoms with Gasteiger partial charge in [0.25, 0.3) is 5.91 Å². The molecule has 20 heavy (non-hydrogen) atoms. The van der Waals surface area contributed by atoms with E-state index >= 15 is 0 Å². The van der Waals surface area contributed by atoms with E-state index in [2.05, 4.69) is 10.2 Å². The zero-order chi connectivity index (χ0) is 14.7. The van der Waals surface area contributed by atoms with Crippen LogP contribution in [0.2, 0.25) is 0 Å². The Labute approximate surface area is 119 Å². The molecule has 2 rings (SSSR count).